The van der Waals surface area contributed by atoms with Crippen LogP contribution >= 0.6 is 0 Å². The molecule has 104 valence electrons. The van der Waals surface area contributed by atoms with Crippen LogP contribution in [0.25, 0.3) is 0 Å². The Balaban J connectivity index is 2.55. The van der Waals surface area contributed by atoms with Gasteiger partial charge in [0.25, 0.3) is 0 Å². The van der Waals surface area contributed by atoms with Gasteiger partial charge in [0.15, 0.2) is 0 Å². The van der Waals surface area contributed by atoms with Crippen LogP contribution in [0.3, 0.4) is 0 Å². The molecule has 1 unspecified atom stereocenters. The van der Waals surface area contributed by atoms with Crippen molar-refractivity contribution in [2.75, 3.05) is 20.6 Å². The van der Waals surface area contributed by atoms with Gasteiger partial charge in [0.2, 0.25) is 5.91 Å². The summed E-state index contributed by atoms with van der Waals surface area (Å²) in [6.45, 7) is 2.70. The fourth-order valence-electron chi connectivity index (χ4n) is 2.68. The van der Waals surface area contributed by atoms with Gasteiger partial charge in [-0.3, -0.25) is 9.59 Å². The van der Waals surface area contributed by atoms with Gasteiger partial charge >= 0.3 is 5.97 Å². The van der Waals surface area contributed by atoms with Gasteiger partial charge in [-0.05, 0) is 33.9 Å². The molecule has 0 radical (unpaired) electrons. The molecule has 18 heavy (non-hydrogen) atoms. The molecule has 0 aromatic rings. The summed E-state index contributed by atoms with van der Waals surface area (Å²) in [5.41, 5.74) is 0. The highest BCUT2D eigenvalue weighted by atomic mass is 16.4. The minimum absolute atomic E-state index is 0.0453. The van der Waals surface area contributed by atoms with Crippen molar-refractivity contribution in [2.45, 2.75) is 38.6 Å². The first-order chi connectivity index (χ1) is 8.41. The summed E-state index contributed by atoms with van der Waals surface area (Å²) in [7, 11) is 3.90. The van der Waals surface area contributed by atoms with E-state index in [0.29, 0.717) is 12.8 Å². The van der Waals surface area contributed by atoms with E-state index in [4.69, 9.17) is 5.11 Å². The third kappa shape index (κ3) is 4.29. The largest absolute Gasteiger partial charge is 0.481 e. The van der Waals surface area contributed by atoms with Crippen LogP contribution in [-0.4, -0.2) is 48.6 Å². The minimum Gasteiger partial charge on any atom is -0.481 e. The van der Waals surface area contributed by atoms with Crippen molar-refractivity contribution < 1.29 is 14.7 Å². The number of hydrogen-bond donors (Lipinski definition) is 2. The number of likely N-dealkylation sites (N-methyl/N-ethyl adjacent to an activating group) is 1. The third-order valence-corrected chi connectivity index (χ3v) is 3.45. The van der Waals surface area contributed by atoms with Crippen molar-refractivity contribution in [3.05, 3.63) is 0 Å². The number of aliphatic carboxylic acids is 1. The second kappa shape index (κ2) is 6.73. The molecule has 3 atom stereocenters. The Labute approximate surface area is 109 Å². The van der Waals surface area contributed by atoms with Crippen LogP contribution in [0.4, 0.5) is 0 Å². The van der Waals surface area contributed by atoms with Crippen molar-refractivity contribution >= 4 is 11.9 Å². The molecule has 0 heterocycles. The molecule has 1 fully saturated rings. The molecule has 0 saturated heterocycles. The summed E-state index contributed by atoms with van der Waals surface area (Å²) in [6, 6.07) is 0.0453. The maximum absolute atomic E-state index is 12.1. The summed E-state index contributed by atoms with van der Waals surface area (Å²) in [5.74, 6) is -1.81. The number of carboxylic acid groups (broad SMARTS) is 1. The molecule has 1 amide bonds. The number of amides is 1. The molecule has 5 nitrogen and oxygen atoms in total. The van der Waals surface area contributed by atoms with E-state index < -0.39 is 11.9 Å². The maximum Gasteiger partial charge on any atom is 0.307 e. The topological polar surface area (TPSA) is 69.6 Å². The molecule has 0 bridgehead atoms. The Kier molecular flexibility index (Phi) is 5.59. The third-order valence-electron chi connectivity index (χ3n) is 3.45. The van der Waals surface area contributed by atoms with E-state index in [-0.39, 0.29) is 17.9 Å². The maximum atomic E-state index is 12.1. The van der Waals surface area contributed by atoms with E-state index in [1.165, 1.54) is 0 Å². The van der Waals surface area contributed by atoms with Crippen molar-refractivity contribution in [1.29, 1.82) is 0 Å². The summed E-state index contributed by atoms with van der Waals surface area (Å²) < 4.78 is 0. The number of hydrogen-bond acceptors (Lipinski definition) is 3. The molecule has 1 aliphatic carbocycles. The first-order valence-corrected chi connectivity index (χ1v) is 6.59. The Morgan fingerprint density at radius 2 is 1.83 bits per heavy atom. The van der Waals surface area contributed by atoms with E-state index in [0.717, 1.165) is 19.4 Å². The van der Waals surface area contributed by atoms with Crippen LogP contribution in [0, 0.1) is 11.8 Å². The summed E-state index contributed by atoms with van der Waals surface area (Å²) in [6.07, 6.45) is 3.17. The van der Waals surface area contributed by atoms with Crippen LogP contribution in [0.1, 0.15) is 32.6 Å². The van der Waals surface area contributed by atoms with Crippen molar-refractivity contribution in [1.82, 2.24) is 10.2 Å². The lowest BCUT2D eigenvalue weighted by Crippen LogP contribution is -2.46. The number of carbonyl (C=O) groups is 2. The monoisotopic (exact) mass is 256 g/mol. The number of carboxylic acids is 1. The number of nitrogens with zero attached hydrogens (tertiary/aromatic N) is 1. The zero-order valence-electron chi connectivity index (χ0n) is 11.5. The molecular formula is C13H24N2O3. The van der Waals surface area contributed by atoms with Gasteiger partial charge in [-0.2, -0.15) is 0 Å². The highest BCUT2D eigenvalue weighted by Crippen LogP contribution is 2.30. The van der Waals surface area contributed by atoms with Crippen LogP contribution in [-0.2, 0) is 9.59 Å². The number of rotatable bonds is 5. The second-order valence-corrected chi connectivity index (χ2v) is 5.51. The molecule has 0 aliphatic heterocycles. The highest BCUT2D eigenvalue weighted by Gasteiger charge is 2.35. The number of nitrogens with one attached hydrogen (secondary N) is 1. The summed E-state index contributed by atoms with van der Waals surface area (Å²) in [4.78, 5) is 25.3. The van der Waals surface area contributed by atoms with Crippen LogP contribution in [0.2, 0.25) is 0 Å². The molecule has 5 heteroatoms. The van der Waals surface area contributed by atoms with Crippen molar-refractivity contribution in [2.24, 2.45) is 11.8 Å². The second-order valence-electron chi connectivity index (χ2n) is 5.51. The van der Waals surface area contributed by atoms with E-state index in [1.807, 2.05) is 25.9 Å². The lowest BCUT2D eigenvalue weighted by molar-refractivity contribution is -0.149. The molecule has 0 spiro atoms. The Morgan fingerprint density at radius 1 is 1.28 bits per heavy atom. The first kappa shape index (κ1) is 15.0. The standard InChI is InChI=1S/C13H24N2O3/c1-9(8-15(2)3)14-12(16)10-6-4-5-7-11(10)13(17)18/h9-11H,4-8H2,1-3H3,(H,14,16)(H,17,18)/t9?,10-,11+/m1/s1. The van der Waals surface area contributed by atoms with Gasteiger partial charge in [0, 0.05) is 12.6 Å². The average Bonchev–Trinajstić information content (AvgIpc) is 2.27. The van der Waals surface area contributed by atoms with Gasteiger partial charge in [-0.25, -0.2) is 0 Å². The molecule has 1 saturated carbocycles. The fourth-order valence-corrected chi connectivity index (χ4v) is 2.68. The van der Waals surface area contributed by atoms with Gasteiger partial charge in [0.1, 0.15) is 0 Å². The van der Waals surface area contributed by atoms with E-state index in [1.54, 1.807) is 0 Å². The van der Waals surface area contributed by atoms with Crippen molar-refractivity contribution in [3.8, 4) is 0 Å². The minimum atomic E-state index is -0.838. The average molecular weight is 256 g/mol. The smallest absolute Gasteiger partial charge is 0.307 e. The SMILES string of the molecule is CC(CN(C)C)NC(=O)[C@@H]1CCCC[C@@H]1C(=O)O. The van der Waals surface area contributed by atoms with E-state index in [2.05, 4.69) is 5.32 Å². The van der Waals surface area contributed by atoms with E-state index >= 15 is 0 Å². The Bertz CT molecular complexity index is 305. The molecule has 0 aromatic heterocycles. The zero-order chi connectivity index (χ0) is 13.7. The molecule has 1 rings (SSSR count). The predicted octanol–water partition coefficient (Wildman–Crippen LogP) is 0.944. The van der Waals surface area contributed by atoms with Gasteiger partial charge in [-0.15, -0.1) is 0 Å². The Morgan fingerprint density at radius 3 is 2.33 bits per heavy atom. The van der Waals surface area contributed by atoms with Crippen molar-refractivity contribution in [3.63, 3.8) is 0 Å². The van der Waals surface area contributed by atoms with Crippen LogP contribution < -0.4 is 5.32 Å². The molecule has 0 aromatic carbocycles. The quantitative estimate of drug-likeness (QED) is 0.768. The molecular weight excluding hydrogens is 232 g/mol. The van der Waals surface area contributed by atoms with Gasteiger partial charge in [0.05, 0.1) is 11.8 Å². The van der Waals surface area contributed by atoms with Gasteiger partial charge in [-0.1, -0.05) is 12.8 Å². The van der Waals surface area contributed by atoms with Crippen LogP contribution in [0.5, 0.6) is 0 Å². The fraction of sp³-hybridized carbons (Fsp3) is 0.846. The lowest BCUT2D eigenvalue weighted by Gasteiger charge is -2.29. The molecule has 2 N–H and O–H groups in total. The first-order valence-electron chi connectivity index (χ1n) is 6.59. The Hall–Kier alpha value is -1.10. The summed E-state index contributed by atoms with van der Waals surface area (Å²) in [5, 5.41) is 12.1. The van der Waals surface area contributed by atoms with Crippen LogP contribution in [0.15, 0.2) is 0 Å². The zero-order valence-corrected chi connectivity index (χ0v) is 11.5. The highest BCUT2D eigenvalue weighted by molar-refractivity contribution is 5.85. The predicted molar refractivity (Wildman–Crippen MR) is 69.2 cm³/mol. The summed E-state index contributed by atoms with van der Waals surface area (Å²) >= 11 is 0. The number of carbonyl (C=O) groups excluding carboxylic acids is 1. The van der Waals surface area contributed by atoms with Gasteiger partial charge < -0.3 is 15.3 Å². The normalized spacial score (nSPS) is 25.8. The lowest BCUT2D eigenvalue weighted by atomic mass is 9.78. The molecule has 1 aliphatic rings. The van der Waals surface area contributed by atoms with E-state index in [9.17, 15) is 9.59 Å².